The molecule has 3 heterocycles. The van der Waals surface area contributed by atoms with Crippen molar-refractivity contribution in [1.82, 2.24) is 19.5 Å². The van der Waals surface area contributed by atoms with E-state index in [-0.39, 0.29) is 43.2 Å². The summed E-state index contributed by atoms with van der Waals surface area (Å²) in [4.78, 5) is 58.7. The zero-order chi connectivity index (χ0) is 41.1. The molecule has 1 aliphatic rings. The number of nitrogens with one attached hydrogen (secondary N) is 1. The van der Waals surface area contributed by atoms with Gasteiger partial charge in [-0.25, -0.2) is 9.55 Å². The highest BCUT2D eigenvalue weighted by Gasteiger charge is 2.32. The fraction of sp³-hybridized carbons (Fsp3) is 0.829. The molecule has 0 saturated carbocycles. The molecule has 16 heteroatoms. The van der Waals surface area contributed by atoms with Gasteiger partial charge in [0.25, 0.3) is 5.56 Å². The van der Waals surface area contributed by atoms with Crippen LogP contribution in [0, 0.1) is 0 Å². The number of aromatic nitrogens is 4. The van der Waals surface area contributed by atoms with E-state index in [0.717, 1.165) is 38.5 Å². The van der Waals surface area contributed by atoms with Crippen LogP contribution in [0.5, 0.6) is 0 Å². The monoisotopic (exact) mass is 826 g/mol. The first-order valence-corrected chi connectivity index (χ1v) is 23.5. The van der Waals surface area contributed by atoms with Gasteiger partial charge in [0.1, 0.15) is 12.8 Å². The number of nitrogens with two attached hydrogens (primary N) is 1. The number of fused-ring (bicyclic) bond motifs is 1. The van der Waals surface area contributed by atoms with Crippen LogP contribution in [0.4, 0.5) is 5.95 Å². The second-order valence-corrected chi connectivity index (χ2v) is 16.9. The Hall–Kier alpha value is -2.84. The van der Waals surface area contributed by atoms with Crippen LogP contribution in [0.1, 0.15) is 187 Å². The lowest BCUT2D eigenvalue weighted by Crippen LogP contribution is -2.29. The highest BCUT2D eigenvalue weighted by Crippen LogP contribution is 2.44. The van der Waals surface area contributed by atoms with Gasteiger partial charge in [-0.1, -0.05) is 142 Å². The molecular formula is C41H72N5O10P. The quantitative estimate of drug-likeness (QED) is 0.0342. The highest BCUT2D eigenvalue weighted by molar-refractivity contribution is 7.47. The summed E-state index contributed by atoms with van der Waals surface area (Å²) in [6.45, 7) is 3.39. The van der Waals surface area contributed by atoms with Crippen molar-refractivity contribution < 1.29 is 42.3 Å². The molecule has 0 amide bonds. The van der Waals surface area contributed by atoms with E-state index in [1.807, 2.05) is 0 Å². The van der Waals surface area contributed by atoms with Crippen LogP contribution in [0.15, 0.2) is 11.1 Å². The third-order valence-electron chi connectivity index (χ3n) is 10.4. The molecule has 1 fully saturated rings. The summed E-state index contributed by atoms with van der Waals surface area (Å²) in [6, 6.07) is 0. The van der Waals surface area contributed by atoms with Crippen LogP contribution in [0.3, 0.4) is 0 Å². The molecule has 326 valence electrons. The first kappa shape index (κ1) is 48.5. The van der Waals surface area contributed by atoms with Gasteiger partial charge in [-0.3, -0.25) is 33.0 Å². The number of nitrogens with zero attached hydrogens (tertiary/aromatic N) is 3. The van der Waals surface area contributed by atoms with Crippen molar-refractivity contribution in [1.29, 1.82) is 0 Å². The fourth-order valence-electron chi connectivity index (χ4n) is 7.05. The van der Waals surface area contributed by atoms with Gasteiger partial charge < -0.3 is 24.8 Å². The molecule has 15 nitrogen and oxygen atoms in total. The van der Waals surface area contributed by atoms with Gasteiger partial charge in [-0.05, 0) is 25.7 Å². The number of anilines is 1. The third-order valence-corrected chi connectivity index (χ3v) is 11.3. The summed E-state index contributed by atoms with van der Waals surface area (Å²) in [5, 5.41) is 0. The Labute approximate surface area is 339 Å². The standard InChI is InChI=1S/C41H72N5O10P/c1-3-5-7-9-11-13-15-17-19-21-23-25-36(47)52-29-34(56-37(48)26-24-22-20-18-16-14-12-10-8-6-4-2)31-54-57(50,51)53-30-33-27-28-35(55-33)46-32-43-38-39(46)44-41(42)45-40(38)49/h32-35H,3-31H2,1-2H3,(H,50,51)(H3,42,44,45,49)/t33-,34-,35+/m0/s1. The van der Waals surface area contributed by atoms with Gasteiger partial charge in [-0.2, -0.15) is 4.98 Å². The van der Waals surface area contributed by atoms with Gasteiger partial charge in [0, 0.05) is 12.8 Å². The number of rotatable bonds is 34. The molecule has 0 bridgehead atoms. The number of imidazole rings is 1. The Balaban J connectivity index is 1.39. The molecule has 0 spiro atoms. The number of nitrogen functional groups attached to an aromatic ring is 1. The van der Waals surface area contributed by atoms with Crippen LogP contribution in [0.25, 0.3) is 11.2 Å². The number of ether oxygens (including phenoxy) is 3. The number of carbonyl (C=O) groups is 2. The van der Waals surface area contributed by atoms with Crippen molar-refractivity contribution in [2.75, 3.05) is 25.6 Å². The minimum atomic E-state index is -4.62. The third kappa shape index (κ3) is 20.6. The van der Waals surface area contributed by atoms with E-state index >= 15 is 0 Å². The maximum atomic E-state index is 12.9. The van der Waals surface area contributed by atoms with Gasteiger partial charge >= 0.3 is 19.8 Å². The molecule has 2 aromatic rings. The first-order valence-electron chi connectivity index (χ1n) is 22.0. The molecule has 57 heavy (non-hydrogen) atoms. The van der Waals surface area contributed by atoms with Crippen LogP contribution >= 0.6 is 7.82 Å². The lowest BCUT2D eigenvalue weighted by Gasteiger charge is -2.21. The molecule has 4 atom stereocenters. The average molecular weight is 826 g/mol. The van der Waals surface area contributed by atoms with Crippen LogP contribution in [-0.2, 0) is 37.4 Å². The topological polar surface area (TPSA) is 207 Å². The predicted molar refractivity (Wildman–Crippen MR) is 220 cm³/mol. The van der Waals surface area contributed by atoms with E-state index in [1.54, 1.807) is 4.57 Å². The minimum absolute atomic E-state index is 0.0531. The Kier molecular flexibility index (Phi) is 24.3. The van der Waals surface area contributed by atoms with Crippen LogP contribution < -0.4 is 11.3 Å². The molecule has 2 aromatic heterocycles. The fourth-order valence-corrected chi connectivity index (χ4v) is 7.83. The highest BCUT2D eigenvalue weighted by atomic mass is 31.2. The number of esters is 2. The van der Waals surface area contributed by atoms with E-state index in [1.165, 1.54) is 96.2 Å². The lowest BCUT2D eigenvalue weighted by molar-refractivity contribution is -0.161. The van der Waals surface area contributed by atoms with Crippen molar-refractivity contribution in [3.63, 3.8) is 0 Å². The number of phosphoric ester groups is 1. The number of carbonyl (C=O) groups excluding carboxylic acids is 2. The smallest absolute Gasteiger partial charge is 0.462 e. The van der Waals surface area contributed by atoms with Gasteiger partial charge in [0.2, 0.25) is 5.95 Å². The molecule has 0 aromatic carbocycles. The van der Waals surface area contributed by atoms with Gasteiger partial charge in [0.15, 0.2) is 17.3 Å². The normalized spacial score (nSPS) is 17.2. The zero-order valence-corrected chi connectivity index (χ0v) is 35.7. The molecular weight excluding hydrogens is 753 g/mol. The maximum Gasteiger partial charge on any atom is 0.472 e. The van der Waals surface area contributed by atoms with Crippen molar-refractivity contribution >= 4 is 36.9 Å². The van der Waals surface area contributed by atoms with E-state index in [4.69, 9.17) is 29.0 Å². The first-order chi connectivity index (χ1) is 27.6. The molecule has 1 aliphatic heterocycles. The maximum absolute atomic E-state index is 12.9. The lowest BCUT2D eigenvalue weighted by atomic mass is 10.1. The Morgan fingerprint density at radius 3 is 1.91 bits per heavy atom. The second kappa shape index (κ2) is 28.6. The van der Waals surface area contributed by atoms with Gasteiger partial charge in [0.05, 0.1) is 25.6 Å². The number of hydrogen-bond acceptors (Lipinski definition) is 12. The zero-order valence-electron chi connectivity index (χ0n) is 34.8. The predicted octanol–water partition coefficient (Wildman–Crippen LogP) is 9.37. The molecule has 1 unspecified atom stereocenters. The SMILES string of the molecule is CCCCCCCCCCCCCC(=O)OC[C@@H](COP(=O)(O)OC[C@@H]1CC[C@H](n2cnc3c(=O)[nH]c(N)nc32)O1)OC(=O)CCCCCCCCCCCCC. The largest absolute Gasteiger partial charge is 0.472 e. The van der Waals surface area contributed by atoms with Crippen molar-refractivity contribution in [2.45, 2.75) is 199 Å². The molecule has 1 saturated heterocycles. The van der Waals surface area contributed by atoms with Gasteiger partial charge in [-0.15, -0.1) is 0 Å². The van der Waals surface area contributed by atoms with Crippen molar-refractivity contribution in [3.8, 4) is 0 Å². The summed E-state index contributed by atoms with van der Waals surface area (Å²) in [7, 11) is -4.62. The van der Waals surface area contributed by atoms with Crippen molar-refractivity contribution in [3.05, 3.63) is 16.7 Å². The van der Waals surface area contributed by atoms with Crippen molar-refractivity contribution in [2.24, 2.45) is 0 Å². The van der Waals surface area contributed by atoms with E-state index in [9.17, 15) is 23.8 Å². The van der Waals surface area contributed by atoms with Crippen LogP contribution in [0.2, 0.25) is 0 Å². The number of aromatic amines is 1. The Morgan fingerprint density at radius 2 is 1.35 bits per heavy atom. The Bertz CT molecular complexity index is 1520. The van der Waals surface area contributed by atoms with E-state index in [2.05, 4.69) is 28.8 Å². The van der Waals surface area contributed by atoms with E-state index in [0.29, 0.717) is 25.7 Å². The summed E-state index contributed by atoms with van der Waals surface area (Å²) >= 11 is 0. The summed E-state index contributed by atoms with van der Waals surface area (Å²) in [5.74, 6) is -0.949. The molecule has 0 aliphatic carbocycles. The van der Waals surface area contributed by atoms with E-state index < -0.39 is 50.4 Å². The average Bonchev–Trinajstić information content (AvgIpc) is 3.84. The number of unbranched alkanes of at least 4 members (excludes halogenated alkanes) is 20. The summed E-state index contributed by atoms with van der Waals surface area (Å²) < 4.78 is 42.0. The molecule has 4 N–H and O–H groups in total. The number of phosphoric acid groups is 1. The second-order valence-electron chi connectivity index (χ2n) is 15.5. The number of hydrogen-bond donors (Lipinski definition) is 3. The minimum Gasteiger partial charge on any atom is -0.462 e. The molecule has 3 rings (SSSR count). The summed E-state index contributed by atoms with van der Waals surface area (Å²) in [5.41, 5.74) is 5.62. The van der Waals surface area contributed by atoms with Crippen LogP contribution in [-0.4, -0.2) is 68.4 Å². The number of H-pyrrole nitrogens is 1. The Morgan fingerprint density at radius 1 is 0.825 bits per heavy atom. The summed E-state index contributed by atoms with van der Waals surface area (Å²) in [6.07, 6.45) is 26.2. The molecule has 0 radical (unpaired) electrons.